The van der Waals surface area contributed by atoms with Gasteiger partial charge >= 0.3 is 5.97 Å². The Hall–Kier alpha value is -1.89. The predicted octanol–water partition coefficient (Wildman–Crippen LogP) is 2.61. The van der Waals surface area contributed by atoms with Crippen LogP contribution in [-0.2, 0) is 21.7 Å². The van der Waals surface area contributed by atoms with Crippen LogP contribution in [-0.4, -0.2) is 22.7 Å². The normalized spacial score (nSPS) is 10.5. The number of hydrogen-bond acceptors (Lipinski definition) is 6. The fourth-order valence-electron chi connectivity index (χ4n) is 1.46. The van der Waals surface area contributed by atoms with Crippen molar-refractivity contribution in [2.75, 3.05) is 6.61 Å². The average Bonchev–Trinajstić information content (AvgIpc) is 2.84. The molecule has 0 atom stereocenters. The standard InChI is InChI=1S/C13H13FN2O3S/c1-2-18-13(17)7-12-15-11(16-19-12)8-20-10-5-3-4-9(14)6-10/h3-6H,2,7-8H2,1H3. The van der Waals surface area contributed by atoms with E-state index >= 15 is 0 Å². The maximum absolute atomic E-state index is 13.0. The van der Waals surface area contributed by atoms with E-state index in [0.29, 0.717) is 18.2 Å². The maximum atomic E-state index is 13.0. The highest BCUT2D eigenvalue weighted by atomic mass is 32.2. The number of ether oxygens (including phenoxy) is 1. The number of rotatable bonds is 6. The zero-order valence-electron chi connectivity index (χ0n) is 10.8. The van der Waals surface area contributed by atoms with Crippen molar-refractivity contribution >= 4 is 17.7 Å². The highest BCUT2D eigenvalue weighted by Gasteiger charge is 2.12. The van der Waals surface area contributed by atoms with E-state index < -0.39 is 5.97 Å². The SMILES string of the molecule is CCOC(=O)Cc1nc(CSc2cccc(F)c2)no1. The van der Waals surface area contributed by atoms with Crippen LogP contribution in [0.2, 0.25) is 0 Å². The van der Waals surface area contributed by atoms with Crippen molar-refractivity contribution in [1.82, 2.24) is 10.1 Å². The summed E-state index contributed by atoms with van der Waals surface area (Å²) >= 11 is 1.39. The van der Waals surface area contributed by atoms with Gasteiger partial charge in [0.1, 0.15) is 12.2 Å². The van der Waals surface area contributed by atoms with Crippen molar-refractivity contribution in [2.45, 2.75) is 24.0 Å². The first-order valence-electron chi connectivity index (χ1n) is 6.03. The summed E-state index contributed by atoms with van der Waals surface area (Å²) in [4.78, 5) is 16.1. The van der Waals surface area contributed by atoms with Gasteiger partial charge in [-0.3, -0.25) is 4.79 Å². The smallest absolute Gasteiger partial charge is 0.315 e. The lowest BCUT2D eigenvalue weighted by Gasteiger charge is -1.98. The van der Waals surface area contributed by atoms with Crippen LogP contribution < -0.4 is 0 Å². The van der Waals surface area contributed by atoms with Crippen molar-refractivity contribution in [2.24, 2.45) is 0 Å². The number of hydrogen-bond donors (Lipinski definition) is 0. The summed E-state index contributed by atoms with van der Waals surface area (Å²) in [5.41, 5.74) is 0. The lowest BCUT2D eigenvalue weighted by molar-refractivity contribution is -0.142. The molecule has 1 aromatic heterocycles. The van der Waals surface area contributed by atoms with Crippen molar-refractivity contribution in [3.8, 4) is 0 Å². The van der Waals surface area contributed by atoms with Crippen LogP contribution >= 0.6 is 11.8 Å². The molecule has 0 bridgehead atoms. The summed E-state index contributed by atoms with van der Waals surface area (Å²) in [6.07, 6.45) is -0.0362. The van der Waals surface area contributed by atoms with Crippen molar-refractivity contribution in [3.05, 3.63) is 41.8 Å². The van der Waals surface area contributed by atoms with E-state index in [1.165, 1.54) is 23.9 Å². The van der Waals surface area contributed by atoms with Gasteiger partial charge in [-0.1, -0.05) is 11.2 Å². The minimum absolute atomic E-state index is 0.0362. The van der Waals surface area contributed by atoms with Gasteiger partial charge < -0.3 is 9.26 Å². The second-order valence-corrected chi connectivity index (χ2v) is 4.88. The molecule has 1 aromatic carbocycles. The first kappa shape index (κ1) is 14.5. The molecule has 0 unspecified atom stereocenters. The molecule has 0 aliphatic heterocycles. The molecular formula is C13H13FN2O3S. The third kappa shape index (κ3) is 4.34. The van der Waals surface area contributed by atoms with Crippen LogP contribution in [0.1, 0.15) is 18.6 Å². The molecule has 0 spiro atoms. The third-order valence-electron chi connectivity index (χ3n) is 2.28. The van der Waals surface area contributed by atoms with Gasteiger partial charge in [0.2, 0.25) is 5.89 Å². The van der Waals surface area contributed by atoms with Crippen molar-refractivity contribution in [1.29, 1.82) is 0 Å². The number of esters is 1. The lowest BCUT2D eigenvalue weighted by Crippen LogP contribution is -2.07. The van der Waals surface area contributed by atoms with Crippen molar-refractivity contribution in [3.63, 3.8) is 0 Å². The van der Waals surface area contributed by atoms with E-state index in [1.807, 2.05) is 0 Å². The molecule has 0 fully saturated rings. The number of carbonyl (C=O) groups is 1. The van der Waals surface area contributed by atoms with Crippen LogP contribution in [0.5, 0.6) is 0 Å². The zero-order valence-corrected chi connectivity index (χ0v) is 11.7. The van der Waals surface area contributed by atoms with Gasteiger partial charge in [0.25, 0.3) is 0 Å². The molecule has 2 rings (SSSR count). The Labute approximate surface area is 119 Å². The predicted molar refractivity (Wildman–Crippen MR) is 70.6 cm³/mol. The molecule has 1 heterocycles. The fourth-order valence-corrected chi connectivity index (χ4v) is 2.24. The zero-order chi connectivity index (χ0) is 14.4. The molecule has 20 heavy (non-hydrogen) atoms. The van der Waals surface area contributed by atoms with Crippen molar-refractivity contribution < 1.29 is 18.4 Å². The molecular weight excluding hydrogens is 283 g/mol. The Morgan fingerprint density at radius 1 is 1.50 bits per heavy atom. The molecule has 0 N–H and O–H groups in total. The second-order valence-electron chi connectivity index (χ2n) is 3.83. The molecule has 106 valence electrons. The first-order valence-corrected chi connectivity index (χ1v) is 7.01. The second kappa shape index (κ2) is 7.04. The van der Waals surface area contributed by atoms with Gasteiger partial charge in [-0.15, -0.1) is 11.8 Å². The van der Waals surface area contributed by atoms with Crippen LogP contribution in [0.15, 0.2) is 33.7 Å². The molecule has 5 nitrogen and oxygen atoms in total. The van der Waals surface area contributed by atoms with Gasteiger partial charge in [-0.05, 0) is 25.1 Å². The van der Waals surface area contributed by atoms with E-state index in [9.17, 15) is 9.18 Å². The number of halogens is 1. The topological polar surface area (TPSA) is 65.2 Å². The highest BCUT2D eigenvalue weighted by molar-refractivity contribution is 7.98. The Kier molecular flexibility index (Phi) is 5.11. The summed E-state index contributed by atoms with van der Waals surface area (Å²) in [6, 6.07) is 6.26. The molecule has 0 saturated carbocycles. The minimum Gasteiger partial charge on any atom is -0.466 e. The summed E-state index contributed by atoms with van der Waals surface area (Å²) in [6.45, 7) is 2.04. The molecule has 0 amide bonds. The molecule has 0 aliphatic carbocycles. The first-order chi connectivity index (χ1) is 9.67. The maximum Gasteiger partial charge on any atom is 0.315 e. The monoisotopic (exact) mass is 296 g/mol. The molecule has 0 saturated heterocycles. The molecule has 2 aromatic rings. The lowest BCUT2D eigenvalue weighted by atomic mass is 10.4. The average molecular weight is 296 g/mol. The van der Waals surface area contributed by atoms with E-state index in [4.69, 9.17) is 9.26 Å². The van der Waals surface area contributed by atoms with Crippen LogP contribution in [0.4, 0.5) is 4.39 Å². The summed E-state index contributed by atoms with van der Waals surface area (Å²) in [7, 11) is 0. The summed E-state index contributed by atoms with van der Waals surface area (Å²) in [5.74, 6) is 0.430. The van der Waals surface area contributed by atoms with Crippen LogP contribution in [0.3, 0.4) is 0 Å². The van der Waals surface area contributed by atoms with Gasteiger partial charge in [0.15, 0.2) is 5.82 Å². The Morgan fingerprint density at radius 3 is 3.10 bits per heavy atom. The number of benzene rings is 1. The van der Waals surface area contributed by atoms with E-state index in [-0.39, 0.29) is 18.1 Å². The fraction of sp³-hybridized carbons (Fsp3) is 0.308. The largest absolute Gasteiger partial charge is 0.466 e. The van der Waals surface area contributed by atoms with E-state index in [1.54, 1.807) is 19.1 Å². The third-order valence-corrected chi connectivity index (χ3v) is 3.26. The summed E-state index contributed by atoms with van der Waals surface area (Å²) in [5, 5.41) is 3.76. The number of thioether (sulfide) groups is 1. The van der Waals surface area contributed by atoms with Gasteiger partial charge in [0, 0.05) is 4.90 Å². The van der Waals surface area contributed by atoms with Gasteiger partial charge in [-0.2, -0.15) is 4.98 Å². The number of aromatic nitrogens is 2. The molecule has 0 aliphatic rings. The number of nitrogens with zero attached hydrogens (tertiary/aromatic N) is 2. The van der Waals surface area contributed by atoms with Crippen LogP contribution in [0, 0.1) is 5.82 Å². The van der Waals surface area contributed by atoms with Gasteiger partial charge in [-0.25, -0.2) is 4.39 Å². The number of carbonyl (C=O) groups excluding carboxylic acids is 1. The minimum atomic E-state index is -0.402. The van der Waals surface area contributed by atoms with E-state index in [0.717, 1.165) is 4.90 Å². The Morgan fingerprint density at radius 2 is 2.35 bits per heavy atom. The Bertz CT molecular complexity index is 589. The molecule has 0 radical (unpaired) electrons. The van der Waals surface area contributed by atoms with E-state index in [2.05, 4.69) is 10.1 Å². The quantitative estimate of drug-likeness (QED) is 0.603. The summed E-state index contributed by atoms with van der Waals surface area (Å²) < 4.78 is 22.7. The highest BCUT2D eigenvalue weighted by Crippen LogP contribution is 2.22. The molecule has 7 heteroatoms. The Balaban J connectivity index is 1.88. The van der Waals surface area contributed by atoms with Gasteiger partial charge in [0.05, 0.1) is 12.4 Å². The van der Waals surface area contributed by atoms with Crippen LogP contribution in [0.25, 0.3) is 0 Å².